The number of carbonyl (C=O) groups is 1. The van der Waals surface area contributed by atoms with E-state index in [1.807, 2.05) is 38.1 Å². The lowest BCUT2D eigenvalue weighted by molar-refractivity contribution is -0.122. The van der Waals surface area contributed by atoms with Gasteiger partial charge in [0.2, 0.25) is 15.9 Å². The van der Waals surface area contributed by atoms with Crippen molar-refractivity contribution in [3.8, 4) is 0 Å². The van der Waals surface area contributed by atoms with Crippen LogP contribution in [0, 0.1) is 17.6 Å². The number of aromatic amines is 1. The van der Waals surface area contributed by atoms with E-state index < -0.39 is 26.6 Å². The van der Waals surface area contributed by atoms with Crippen molar-refractivity contribution in [2.24, 2.45) is 5.92 Å². The Balaban J connectivity index is 1.64. The lowest BCUT2D eigenvalue weighted by Crippen LogP contribution is -2.35. The van der Waals surface area contributed by atoms with Crippen LogP contribution in [-0.4, -0.2) is 30.8 Å². The second-order valence-corrected chi connectivity index (χ2v) is 9.06. The van der Waals surface area contributed by atoms with Crippen molar-refractivity contribution in [3.05, 3.63) is 59.9 Å². The highest BCUT2D eigenvalue weighted by Gasteiger charge is 2.24. The van der Waals surface area contributed by atoms with Gasteiger partial charge < -0.3 is 10.3 Å². The fourth-order valence-electron chi connectivity index (χ4n) is 3.11. The first-order chi connectivity index (χ1) is 14.7. The van der Waals surface area contributed by atoms with Gasteiger partial charge in [0.15, 0.2) is 11.6 Å². The maximum Gasteiger partial charge on any atom is 0.240 e. The van der Waals surface area contributed by atoms with Crippen LogP contribution < -0.4 is 10.0 Å². The van der Waals surface area contributed by atoms with E-state index in [9.17, 15) is 22.0 Å². The first-order valence-electron chi connectivity index (χ1n) is 9.90. The van der Waals surface area contributed by atoms with Crippen LogP contribution in [0.5, 0.6) is 0 Å². The Bertz CT molecular complexity index is 1150. The quantitative estimate of drug-likeness (QED) is 0.465. The van der Waals surface area contributed by atoms with Crippen LogP contribution in [0.25, 0.3) is 11.0 Å². The molecule has 1 amide bonds. The molecule has 166 valence electrons. The molecule has 1 heterocycles. The number of halogens is 2. The maximum atomic E-state index is 13.3. The highest BCUT2D eigenvalue weighted by Crippen LogP contribution is 2.24. The highest BCUT2D eigenvalue weighted by atomic mass is 32.2. The van der Waals surface area contributed by atoms with Crippen molar-refractivity contribution in [2.45, 2.75) is 37.6 Å². The molecule has 0 aliphatic rings. The minimum Gasteiger partial charge on any atom is -0.346 e. The molecule has 3 rings (SSSR count). The molecule has 0 aliphatic carbocycles. The van der Waals surface area contributed by atoms with Gasteiger partial charge in [0.1, 0.15) is 5.82 Å². The lowest BCUT2D eigenvalue weighted by Gasteiger charge is -2.22. The summed E-state index contributed by atoms with van der Waals surface area (Å²) in [6, 6.07) is 9.46. The molecule has 0 fully saturated rings. The molecule has 0 radical (unpaired) electrons. The van der Waals surface area contributed by atoms with Crippen molar-refractivity contribution >= 4 is 27.0 Å². The van der Waals surface area contributed by atoms with Crippen LogP contribution in [-0.2, 0) is 14.8 Å². The Kier molecular flexibility index (Phi) is 7.01. The molecule has 10 heteroatoms. The van der Waals surface area contributed by atoms with Crippen molar-refractivity contribution in [1.29, 1.82) is 0 Å². The van der Waals surface area contributed by atoms with Crippen molar-refractivity contribution in [3.63, 3.8) is 0 Å². The summed E-state index contributed by atoms with van der Waals surface area (Å²) in [6.45, 7) is 3.80. The van der Waals surface area contributed by atoms with E-state index in [1.54, 1.807) is 0 Å². The average molecular weight is 451 g/mol. The second kappa shape index (κ2) is 9.52. The molecule has 3 N–H and O–H groups in total. The third kappa shape index (κ3) is 5.45. The largest absolute Gasteiger partial charge is 0.346 e. The smallest absolute Gasteiger partial charge is 0.240 e. The number of imidazole rings is 1. The number of rotatable bonds is 9. The highest BCUT2D eigenvalue weighted by molar-refractivity contribution is 7.89. The van der Waals surface area contributed by atoms with Crippen molar-refractivity contribution < 1.29 is 22.0 Å². The van der Waals surface area contributed by atoms with Crippen LogP contribution in [0.3, 0.4) is 0 Å². The Morgan fingerprint density at radius 2 is 1.90 bits per heavy atom. The minimum atomic E-state index is -4.07. The molecular formula is C21H24F2N4O3S. The zero-order valence-corrected chi connectivity index (χ0v) is 18.0. The summed E-state index contributed by atoms with van der Waals surface area (Å²) in [5.74, 6) is -2.05. The maximum absolute atomic E-state index is 13.3. The molecule has 1 aromatic heterocycles. The van der Waals surface area contributed by atoms with Crippen molar-refractivity contribution in [1.82, 2.24) is 20.0 Å². The number of aromatic nitrogens is 2. The van der Waals surface area contributed by atoms with Gasteiger partial charge in [-0.3, -0.25) is 4.79 Å². The number of amides is 1. The predicted octanol–water partition coefficient (Wildman–Crippen LogP) is 3.41. The number of hydrogen-bond acceptors (Lipinski definition) is 4. The third-order valence-electron chi connectivity index (χ3n) is 5.08. The molecule has 0 bridgehead atoms. The Hall–Kier alpha value is -2.85. The number of H-pyrrole nitrogens is 1. The first-order valence-corrected chi connectivity index (χ1v) is 11.4. The van der Waals surface area contributed by atoms with Gasteiger partial charge in [-0.15, -0.1) is 0 Å². The first kappa shape index (κ1) is 22.8. The van der Waals surface area contributed by atoms with Crippen LogP contribution in [0.15, 0.2) is 47.4 Å². The van der Waals surface area contributed by atoms with Gasteiger partial charge in [-0.05, 0) is 36.2 Å². The van der Waals surface area contributed by atoms with Gasteiger partial charge in [0.25, 0.3) is 0 Å². The normalized spacial score (nSPS) is 13.8. The van der Waals surface area contributed by atoms with Crippen molar-refractivity contribution in [2.75, 3.05) is 6.54 Å². The Labute approximate surface area is 179 Å². The molecule has 3 aromatic rings. The number of benzene rings is 2. The lowest BCUT2D eigenvalue weighted by atomic mass is 9.98. The van der Waals surface area contributed by atoms with Crippen LogP contribution in [0.4, 0.5) is 8.78 Å². The summed E-state index contributed by atoms with van der Waals surface area (Å²) in [5, 5.41) is 2.91. The van der Waals surface area contributed by atoms with Crippen LogP contribution in [0.1, 0.15) is 38.6 Å². The summed E-state index contributed by atoms with van der Waals surface area (Å²) in [5.41, 5.74) is 1.65. The summed E-state index contributed by atoms with van der Waals surface area (Å²) in [7, 11) is -4.07. The second-order valence-electron chi connectivity index (χ2n) is 7.29. The Morgan fingerprint density at radius 1 is 1.16 bits per heavy atom. The molecule has 2 unspecified atom stereocenters. The van der Waals surface area contributed by atoms with E-state index in [0.29, 0.717) is 11.9 Å². The van der Waals surface area contributed by atoms with E-state index >= 15 is 0 Å². The molecule has 7 nitrogen and oxygen atoms in total. The predicted molar refractivity (Wildman–Crippen MR) is 113 cm³/mol. The topological polar surface area (TPSA) is 104 Å². The zero-order valence-electron chi connectivity index (χ0n) is 17.2. The average Bonchev–Trinajstić information content (AvgIpc) is 3.17. The van der Waals surface area contributed by atoms with E-state index in [0.717, 1.165) is 29.6 Å². The minimum absolute atomic E-state index is 0.0865. The van der Waals surface area contributed by atoms with Gasteiger partial charge in [0.05, 0.1) is 22.0 Å². The number of nitrogens with zero attached hydrogens (tertiary/aromatic N) is 1. The molecule has 31 heavy (non-hydrogen) atoms. The summed E-state index contributed by atoms with van der Waals surface area (Å²) < 4.78 is 53.0. The van der Waals surface area contributed by atoms with Gasteiger partial charge in [-0.25, -0.2) is 26.9 Å². The fourth-order valence-corrected chi connectivity index (χ4v) is 4.15. The summed E-state index contributed by atoms with van der Waals surface area (Å²) in [4.78, 5) is 19.9. The fraction of sp³-hybridized carbons (Fsp3) is 0.333. The van der Waals surface area contributed by atoms with E-state index in [4.69, 9.17) is 0 Å². The Morgan fingerprint density at radius 3 is 2.58 bits per heavy atom. The SMILES string of the molecule is CCC(C)C(NC(=O)CCNS(=O)(=O)c1ccc(F)c(F)c1)c1nc2ccccc2[nH]1. The monoisotopic (exact) mass is 450 g/mol. The molecule has 2 atom stereocenters. The van der Waals surface area contributed by atoms with E-state index in [2.05, 4.69) is 20.0 Å². The van der Waals surface area contributed by atoms with Gasteiger partial charge in [-0.2, -0.15) is 0 Å². The molecule has 2 aromatic carbocycles. The molecular weight excluding hydrogens is 426 g/mol. The number of hydrogen-bond donors (Lipinski definition) is 3. The van der Waals surface area contributed by atoms with Gasteiger partial charge in [0, 0.05) is 13.0 Å². The van der Waals surface area contributed by atoms with Gasteiger partial charge in [-0.1, -0.05) is 32.4 Å². The van der Waals surface area contributed by atoms with Gasteiger partial charge >= 0.3 is 0 Å². The number of fused-ring (bicyclic) bond motifs is 1. The van der Waals surface area contributed by atoms with Crippen LogP contribution in [0.2, 0.25) is 0 Å². The third-order valence-corrected chi connectivity index (χ3v) is 6.54. The number of para-hydroxylation sites is 2. The zero-order chi connectivity index (χ0) is 22.6. The van der Waals surface area contributed by atoms with E-state index in [-0.39, 0.29) is 30.8 Å². The number of sulfonamides is 1. The standard InChI is InChI=1S/C21H24F2N4O3S/c1-3-13(2)20(21-25-17-6-4-5-7-18(17)26-21)27-19(28)10-11-24-31(29,30)14-8-9-15(22)16(23)12-14/h4-9,12-13,20,24H,3,10-11H2,1-2H3,(H,25,26)(H,27,28). The van der Waals surface area contributed by atoms with E-state index in [1.165, 1.54) is 0 Å². The summed E-state index contributed by atoms with van der Waals surface area (Å²) >= 11 is 0. The molecule has 0 aliphatic heterocycles. The van der Waals surface area contributed by atoms with Crippen LogP contribution >= 0.6 is 0 Å². The number of nitrogens with one attached hydrogen (secondary N) is 3. The molecule has 0 saturated heterocycles. The summed E-state index contributed by atoms with van der Waals surface area (Å²) in [6.07, 6.45) is 0.667. The number of carbonyl (C=O) groups excluding carboxylic acids is 1. The molecule has 0 spiro atoms. The molecule has 0 saturated carbocycles.